The Morgan fingerprint density at radius 3 is 2.35 bits per heavy atom. The summed E-state index contributed by atoms with van der Waals surface area (Å²) in [6.07, 6.45) is -0.553. The highest BCUT2D eigenvalue weighted by molar-refractivity contribution is 6.00. The van der Waals surface area contributed by atoms with Gasteiger partial charge >= 0.3 is 12.1 Å². The number of carbonyl (C=O) groups is 3. The predicted molar refractivity (Wildman–Crippen MR) is 179 cm³/mol. The summed E-state index contributed by atoms with van der Waals surface area (Å²) in [5.41, 5.74) is -2.16. The van der Waals surface area contributed by atoms with E-state index < -0.39 is 65.7 Å². The molecule has 0 saturated carbocycles. The van der Waals surface area contributed by atoms with Crippen molar-refractivity contribution in [3.63, 3.8) is 0 Å². The Hall–Kier alpha value is -1.87. The minimum Gasteiger partial charge on any atom is -0.458 e. The summed E-state index contributed by atoms with van der Waals surface area (Å²) in [6.45, 7) is 16.2. The molecule has 276 valence electrons. The van der Waals surface area contributed by atoms with E-state index in [0.29, 0.717) is 25.8 Å². The van der Waals surface area contributed by atoms with E-state index in [4.69, 9.17) is 23.7 Å². The SMILES string of the molecule is CC[C@@H]1OC(=O)[C@H](C)C(=O)[C@H](C)[C@@H](O[C@@H]2O[C@H](CN3CCCC3)CC(N(C)C)C2O)[C@](C)(OC)C[C@@H](C)CN[C@H](C)[C@H]2NC(=O)O[C@]12C. The number of ketones is 1. The molecule has 0 aliphatic carbocycles. The molecule has 4 aliphatic heterocycles. The number of cyclic esters (lactones) is 1. The molecule has 0 aromatic rings. The van der Waals surface area contributed by atoms with E-state index in [-0.39, 0.29) is 29.9 Å². The van der Waals surface area contributed by atoms with Crippen LogP contribution < -0.4 is 10.6 Å². The number of carbonyl (C=O) groups excluding carboxylic acids is 3. The van der Waals surface area contributed by atoms with E-state index in [1.807, 2.05) is 39.8 Å². The van der Waals surface area contributed by atoms with Crippen molar-refractivity contribution >= 4 is 17.8 Å². The topological polar surface area (TPSA) is 148 Å². The Kier molecular flexibility index (Phi) is 13.0. The van der Waals surface area contributed by atoms with E-state index in [0.717, 1.165) is 32.5 Å². The Labute approximate surface area is 287 Å². The van der Waals surface area contributed by atoms with Gasteiger partial charge in [-0.05, 0) is 99.4 Å². The normalized spacial score (nSPS) is 44.0. The first kappa shape index (κ1) is 38.9. The second kappa shape index (κ2) is 16.0. The number of Topliss-reactive ketones (excluding diaryl/α,β-unsaturated/α-hetero) is 1. The molecule has 4 heterocycles. The number of hydrogen-bond acceptors (Lipinski definition) is 12. The molecule has 0 aromatic heterocycles. The van der Waals surface area contributed by atoms with Gasteiger partial charge in [0.05, 0.1) is 23.9 Å². The molecule has 4 aliphatic rings. The average Bonchev–Trinajstić information content (AvgIpc) is 3.67. The highest BCUT2D eigenvalue weighted by atomic mass is 16.7. The number of amides is 1. The quantitative estimate of drug-likeness (QED) is 0.268. The predicted octanol–water partition coefficient (Wildman–Crippen LogP) is 2.33. The van der Waals surface area contributed by atoms with Crippen molar-refractivity contribution < 1.29 is 43.2 Å². The maximum absolute atomic E-state index is 14.2. The third kappa shape index (κ3) is 8.35. The summed E-state index contributed by atoms with van der Waals surface area (Å²) in [7, 11) is 5.48. The fourth-order valence-electron chi connectivity index (χ4n) is 8.39. The summed E-state index contributed by atoms with van der Waals surface area (Å²) < 4.78 is 31.3. The molecular formula is C35H62N4O9. The van der Waals surface area contributed by atoms with Crippen molar-refractivity contribution in [3.8, 4) is 0 Å². The van der Waals surface area contributed by atoms with Gasteiger partial charge in [-0.15, -0.1) is 0 Å². The largest absolute Gasteiger partial charge is 0.458 e. The number of likely N-dealkylation sites (tertiary alicyclic amines) is 1. The molecular weight excluding hydrogens is 620 g/mol. The molecule has 13 heteroatoms. The lowest BCUT2D eigenvalue weighted by atomic mass is 9.78. The van der Waals surface area contributed by atoms with E-state index >= 15 is 0 Å². The zero-order valence-corrected chi connectivity index (χ0v) is 30.8. The molecule has 13 nitrogen and oxygen atoms in total. The van der Waals surface area contributed by atoms with Crippen LogP contribution in [0.4, 0.5) is 4.79 Å². The van der Waals surface area contributed by atoms with Crippen molar-refractivity contribution in [3.05, 3.63) is 0 Å². The Balaban J connectivity index is 1.68. The summed E-state index contributed by atoms with van der Waals surface area (Å²) in [6, 6.07) is -0.939. The number of aliphatic hydroxyl groups excluding tert-OH is 1. The van der Waals surface area contributed by atoms with Crippen LogP contribution in [0.5, 0.6) is 0 Å². The molecule has 4 saturated heterocycles. The monoisotopic (exact) mass is 682 g/mol. The minimum atomic E-state index is -1.15. The van der Waals surface area contributed by atoms with Gasteiger partial charge in [0.1, 0.15) is 18.1 Å². The number of esters is 1. The van der Waals surface area contributed by atoms with Gasteiger partial charge < -0.3 is 49.2 Å². The second-order valence-electron chi connectivity index (χ2n) is 15.4. The first-order valence-corrected chi connectivity index (χ1v) is 17.9. The molecule has 0 bridgehead atoms. The minimum absolute atomic E-state index is 0.0344. The zero-order chi connectivity index (χ0) is 35.6. The number of alkyl carbamates (subject to hydrolysis) is 1. The van der Waals surface area contributed by atoms with E-state index in [1.165, 1.54) is 0 Å². The molecule has 2 unspecified atom stereocenters. The Bertz CT molecular complexity index is 1120. The number of hydrogen-bond donors (Lipinski definition) is 3. The highest BCUT2D eigenvalue weighted by Gasteiger charge is 2.55. The number of nitrogens with one attached hydrogen (secondary N) is 2. The van der Waals surface area contributed by atoms with E-state index in [2.05, 4.69) is 22.5 Å². The van der Waals surface area contributed by atoms with Crippen molar-refractivity contribution in [1.82, 2.24) is 20.4 Å². The molecule has 0 spiro atoms. The van der Waals surface area contributed by atoms with Crippen LogP contribution in [0.1, 0.15) is 80.6 Å². The molecule has 4 rings (SSSR count). The van der Waals surface area contributed by atoms with Gasteiger partial charge in [0, 0.05) is 31.7 Å². The van der Waals surface area contributed by atoms with Crippen molar-refractivity contribution in [2.75, 3.05) is 47.4 Å². The molecule has 0 aromatic carbocycles. The number of likely N-dealkylation sites (N-methyl/N-ethyl adjacent to an activating group) is 1. The highest BCUT2D eigenvalue weighted by Crippen LogP contribution is 2.38. The summed E-state index contributed by atoms with van der Waals surface area (Å²) >= 11 is 0. The van der Waals surface area contributed by atoms with Gasteiger partial charge in [-0.25, -0.2) is 4.79 Å². The van der Waals surface area contributed by atoms with Crippen molar-refractivity contribution in [1.29, 1.82) is 0 Å². The third-order valence-electron chi connectivity index (χ3n) is 11.4. The molecule has 1 amide bonds. The van der Waals surface area contributed by atoms with Crippen LogP contribution in [0.15, 0.2) is 0 Å². The van der Waals surface area contributed by atoms with Crippen LogP contribution in [0.25, 0.3) is 0 Å². The summed E-state index contributed by atoms with van der Waals surface area (Å²) in [5, 5.41) is 18.1. The maximum atomic E-state index is 14.2. The van der Waals surface area contributed by atoms with Gasteiger partial charge in [0.25, 0.3) is 0 Å². The molecule has 3 N–H and O–H groups in total. The lowest BCUT2D eigenvalue weighted by Crippen LogP contribution is -2.60. The molecule has 0 radical (unpaired) electrons. The number of nitrogens with zero attached hydrogens (tertiary/aromatic N) is 2. The van der Waals surface area contributed by atoms with Gasteiger partial charge in [-0.3, -0.25) is 9.59 Å². The van der Waals surface area contributed by atoms with Crippen LogP contribution in [-0.4, -0.2) is 140 Å². The lowest BCUT2D eigenvalue weighted by Gasteiger charge is -2.47. The molecule has 13 atom stereocenters. The first-order valence-electron chi connectivity index (χ1n) is 17.9. The fourth-order valence-corrected chi connectivity index (χ4v) is 8.39. The third-order valence-corrected chi connectivity index (χ3v) is 11.4. The van der Waals surface area contributed by atoms with Crippen LogP contribution in [0.3, 0.4) is 0 Å². The standard InChI is InChI=1S/C35H62N4O9/c1-11-26-35(7)29(37-33(43)48-35)23(5)36-18-20(2)17-34(6,44-10)30(21(3)27(40)22(4)31(42)46-26)47-32-28(41)25(38(8)9)16-24(45-32)19-39-14-12-13-15-39/h20-26,28-30,32,36,41H,11-19H2,1-10H3,(H,37,43)/t20-,21+,22-,23-,24+,25?,26+,28?,29-,30-,32+,34-,35-/m1/s1. The zero-order valence-electron chi connectivity index (χ0n) is 30.8. The molecule has 4 fully saturated rings. The lowest BCUT2D eigenvalue weighted by molar-refractivity contribution is -0.298. The second-order valence-corrected chi connectivity index (χ2v) is 15.4. The van der Waals surface area contributed by atoms with Crippen LogP contribution >= 0.6 is 0 Å². The van der Waals surface area contributed by atoms with Crippen molar-refractivity contribution in [2.45, 2.75) is 141 Å². The summed E-state index contributed by atoms with van der Waals surface area (Å²) in [5.74, 6) is -3.00. The Morgan fingerprint density at radius 2 is 1.75 bits per heavy atom. The van der Waals surface area contributed by atoms with Gasteiger partial charge in [0.15, 0.2) is 17.7 Å². The first-order chi connectivity index (χ1) is 22.5. The average molecular weight is 683 g/mol. The maximum Gasteiger partial charge on any atom is 0.408 e. The number of fused-ring (bicyclic) bond motifs is 1. The number of ether oxygens (including phenoxy) is 5. The fraction of sp³-hybridized carbons (Fsp3) is 0.914. The number of aliphatic hydroxyl groups is 1. The van der Waals surface area contributed by atoms with Crippen LogP contribution in [-0.2, 0) is 33.3 Å². The summed E-state index contributed by atoms with van der Waals surface area (Å²) in [4.78, 5) is 44.8. The van der Waals surface area contributed by atoms with Gasteiger partial charge in [-0.2, -0.15) is 0 Å². The smallest absolute Gasteiger partial charge is 0.408 e. The van der Waals surface area contributed by atoms with Gasteiger partial charge in [0.2, 0.25) is 0 Å². The van der Waals surface area contributed by atoms with Crippen LogP contribution in [0.2, 0.25) is 0 Å². The van der Waals surface area contributed by atoms with E-state index in [1.54, 1.807) is 27.9 Å². The Morgan fingerprint density at radius 1 is 1.08 bits per heavy atom. The van der Waals surface area contributed by atoms with E-state index in [9.17, 15) is 19.5 Å². The van der Waals surface area contributed by atoms with Gasteiger partial charge in [-0.1, -0.05) is 20.8 Å². The molecule has 48 heavy (non-hydrogen) atoms. The number of rotatable bonds is 7. The van der Waals surface area contributed by atoms with Crippen molar-refractivity contribution in [2.24, 2.45) is 17.8 Å². The number of methoxy groups -OCH3 is 1. The van der Waals surface area contributed by atoms with Crippen LogP contribution in [0, 0.1) is 17.8 Å².